The summed E-state index contributed by atoms with van der Waals surface area (Å²) in [5.74, 6) is -0.779. The highest BCUT2D eigenvalue weighted by molar-refractivity contribution is 5.87. The number of carbonyl (C=O) groups is 1. The molecule has 0 saturated heterocycles. The minimum Gasteiger partial charge on any atom is -0.383 e. The van der Waals surface area contributed by atoms with Gasteiger partial charge in [0.2, 0.25) is 5.91 Å². The molecule has 0 aliphatic rings. The lowest BCUT2D eigenvalue weighted by molar-refractivity contribution is -0.127. The Labute approximate surface area is 135 Å². The maximum Gasteiger partial charge on any atom is 0.230 e. The SMILES string of the molecule is Cn1cc(C(C)(O)CNC(=O)C(C)(C)c2ccccc2F)cn1. The Morgan fingerprint density at radius 3 is 2.57 bits per heavy atom. The number of nitrogens with one attached hydrogen (secondary N) is 1. The number of benzene rings is 1. The van der Waals surface area contributed by atoms with Crippen LogP contribution in [0, 0.1) is 5.82 Å². The summed E-state index contributed by atoms with van der Waals surface area (Å²) in [5.41, 5.74) is -1.38. The van der Waals surface area contributed by atoms with Crippen molar-refractivity contribution in [2.24, 2.45) is 7.05 Å². The van der Waals surface area contributed by atoms with Crippen LogP contribution in [0.1, 0.15) is 31.9 Å². The van der Waals surface area contributed by atoms with Crippen LogP contribution in [0.2, 0.25) is 0 Å². The molecule has 5 nitrogen and oxygen atoms in total. The van der Waals surface area contributed by atoms with Gasteiger partial charge in [0, 0.05) is 24.4 Å². The van der Waals surface area contributed by atoms with E-state index in [1.807, 2.05) is 0 Å². The van der Waals surface area contributed by atoms with Crippen molar-refractivity contribution in [3.05, 3.63) is 53.6 Å². The lowest BCUT2D eigenvalue weighted by Gasteiger charge is -2.28. The summed E-state index contributed by atoms with van der Waals surface area (Å²) in [5, 5.41) is 17.2. The molecule has 0 spiro atoms. The van der Waals surface area contributed by atoms with Gasteiger partial charge in [-0.1, -0.05) is 18.2 Å². The second-order valence-corrected chi connectivity index (χ2v) is 6.46. The van der Waals surface area contributed by atoms with Crippen molar-refractivity contribution in [2.45, 2.75) is 31.8 Å². The van der Waals surface area contributed by atoms with Crippen molar-refractivity contribution < 1.29 is 14.3 Å². The fourth-order valence-electron chi connectivity index (χ4n) is 2.37. The number of aromatic nitrogens is 2. The van der Waals surface area contributed by atoms with Gasteiger partial charge in [-0.2, -0.15) is 5.10 Å². The van der Waals surface area contributed by atoms with Crippen molar-refractivity contribution in [3.8, 4) is 0 Å². The highest BCUT2D eigenvalue weighted by Crippen LogP contribution is 2.26. The first kappa shape index (κ1) is 17.1. The van der Waals surface area contributed by atoms with Crippen molar-refractivity contribution in [1.82, 2.24) is 15.1 Å². The number of nitrogens with zero attached hydrogens (tertiary/aromatic N) is 2. The summed E-state index contributed by atoms with van der Waals surface area (Å²) in [6.07, 6.45) is 3.24. The Kier molecular flexibility index (Phi) is 4.56. The highest BCUT2D eigenvalue weighted by Gasteiger charge is 2.34. The van der Waals surface area contributed by atoms with Gasteiger partial charge in [0.15, 0.2) is 0 Å². The van der Waals surface area contributed by atoms with Crippen LogP contribution < -0.4 is 5.32 Å². The summed E-state index contributed by atoms with van der Waals surface area (Å²) in [4.78, 5) is 12.5. The molecule has 124 valence electrons. The molecule has 1 aromatic carbocycles. The molecule has 2 N–H and O–H groups in total. The molecule has 2 aromatic rings. The van der Waals surface area contributed by atoms with Gasteiger partial charge < -0.3 is 10.4 Å². The van der Waals surface area contributed by atoms with E-state index in [1.54, 1.807) is 63.1 Å². The molecule has 1 atom stereocenters. The second kappa shape index (κ2) is 6.12. The molecule has 0 fully saturated rings. The van der Waals surface area contributed by atoms with E-state index in [4.69, 9.17) is 0 Å². The Hall–Kier alpha value is -2.21. The first-order chi connectivity index (χ1) is 10.6. The number of carbonyl (C=O) groups excluding carboxylic acids is 1. The molecule has 23 heavy (non-hydrogen) atoms. The fourth-order valence-corrected chi connectivity index (χ4v) is 2.37. The Balaban J connectivity index is 2.11. The van der Waals surface area contributed by atoms with E-state index in [1.165, 1.54) is 6.07 Å². The van der Waals surface area contributed by atoms with Crippen molar-refractivity contribution >= 4 is 5.91 Å². The van der Waals surface area contributed by atoms with Crippen LogP contribution in [0.3, 0.4) is 0 Å². The molecule has 2 rings (SSSR count). The van der Waals surface area contributed by atoms with E-state index in [-0.39, 0.29) is 12.5 Å². The summed E-state index contributed by atoms with van der Waals surface area (Å²) < 4.78 is 15.5. The van der Waals surface area contributed by atoms with Gasteiger partial charge in [-0.25, -0.2) is 4.39 Å². The minimum absolute atomic E-state index is 0.00933. The van der Waals surface area contributed by atoms with Crippen LogP contribution in [0.25, 0.3) is 0 Å². The zero-order chi connectivity index (χ0) is 17.3. The van der Waals surface area contributed by atoms with Crippen molar-refractivity contribution in [2.75, 3.05) is 6.54 Å². The molecule has 1 aromatic heterocycles. The summed E-state index contributed by atoms with van der Waals surface area (Å²) in [6, 6.07) is 6.20. The number of aliphatic hydroxyl groups is 1. The van der Waals surface area contributed by atoms with Crippen LogP contribution in [0.15, 0.2) is 36.7 Å². The van der Waals surface area contributed by atoms with E-state index in [9.17, 15) is 14.3 Å². The molecular weight excluding hydrogens is 297 g/mol. The van der Waals surface area contributed by atoms with Gasteiger partial charge in [-0.15, -0.1) is 0 Å². The van der Waals surface area contributed by atoms with E-state index >= 15 is 0 Å². The standard InChI is InChI=1S/C17H22FN3O2/c1-16(2,13-7-5-6-8-14(13)18)15(22)19-11-17(3,23)12-9-20-21(4)10-12/h5-10,23H,11H2,1-4H3,(H,19,22). The predicted octanol–water partition coefficient (Wildman–Crippen LogP) is 1.86. The molecule has 0 saturated carbocycles. The van der Waals surface area contributed by atoms with Gasteiger partial charge in [-0.3, -0.25) is 9.48 Å². The Morgan fingerprint density at radius 2 is 2.00 bits per heavy atom. The average Bonchev–Trinajstić information content (AvgIpc) is 2.92. The normalized spacial score (nSPS) is 14.3. The van der Waals surface area contributed by atoms with Crippen molar-refractivity contribution in [3.63, 3.8) is 0 Å². The van der Waals surface area contributed by atoms with Gasteiger partial charge in [0.25, 0.3) is 0 Å². The first-order valence-corrected chi connectivity index (χ1v) is 7.39. The van der Waals surface area contributed by atoms with E-state index in [0.717, 1.165) is 0 Å². The third-order valence-electron chi connectivity index (χ3n) is 4.03. The summed E-state index contributed by atoms with van der Waals surface area (Å²) in [6.45, 7) is 4.91. The quantitative estimate of drug-likeness (QED) is 0.884. The second-order valence-electron chi connectivity index (χ2n) is 6.46. The number of rotatable bonds is 5. The van der Waals surface area contributed by atoms with Gasteiger partial charge in [0.1, 0.15) is 11.4 Å². The number of amides is 1. The molecule has 6 heteroatoms. The van der Waals surface area contributed by atoms with Crippen molar-refractivity contribution in [1.29, 1.82) is 0 Å². The maximum absolute atomic E-state index is 13.9. The van der Waals surface area contributed by atoms with Crippen LogP contribution in [-0.4, -0.2) is 27.3 Å². The zero-order valence-electron chi connectivity index (χ0n) is 13.8. The van der Waals surface area contributed by atoms with Gasteiger partial charge in [0.05, 0.1) is 18.2 Å². The third kappa shape index (κ3) is 3.59. The number of halogens is 1. The number of aryl methyl sites for hydroxylation is 1. The summed E-state index contributed by atoms with van der Waals surface area (Å²) >= 11 is 0. The van der Waals surface area contributed by atoms with Crippen LogP contribution >= 0.6 is 0 Å². The van der Waals surface area contributed by atoms with Crippen LogP contribution in [-0.2, 0) is 22.9 Å². The monoisotopic (exact) mass is 319 g/mol. The van der Waals surface area contributed by atoms with E-state index < -0.39 is 16.8 Å². The highest BCUT2D eigenvalue weighted by atomic mass is 19.1. The topological polar surface area (TPSA) is 67.2 Å². The zero-order valence-corrected chi connectivity index (χ0v) is 13.8. The third-order valence-corrected chi connectivity index (χ3v) is 4.03. The largest absolute Gasteiger partial charge is 0.383 e. The minimum atomic E-state index is -1.25. The summed E-state index contributed by atoms with van der Waals surface area (Å²) in [7, 11) is 1.75. The van der Waals surface area contributed by atoms with Gasteiger partial charge in [-0.05, 0) is 26.8 Å². The maximum atomic E-state index is 13.9. The molecule has 0 radical (unpaired) electrons. The molecule has 1 amide bonds. The predicted molar refractivity (Wildman–Crippen MR) is 85.2 cm³/mol. The molecule has 0 aliphatic carbocycles. The average molecular weight is 319 g/mol. The lowest BCUT2D eigenvalue weighted by Crippen LogP contribution is -2.46. The first-order valence-electron chi connectivity index (χ1n) is 7.39. The van der Waals surface area contributed by atoms with E-state index in [2.05, 4.69) is 10.4 Å². The lowest BCUT2D eigenvalue weighted by atomic mass is 9.83. The molecule has 0 bridgehead atoms. The molecule has 1 heterocycles. The van der Waals surface area contributed by atoms with Crippen LogP contribution in [0.4, 0.5) is 4.39 Å². The fraction of sp³-hybridized carbons (Fsp3) is 0.412. The van der Waals surface area contributed by atoms with Crippen LogP contribution in [0.5, 0.6) is 0 Å². The Bertz CT molecular complexity index is 707. The van der Waals surface area contributed by atoms with Gasteiger partial charge >= 0.3 is 0 Å². The molecule has 0 aliphatic heterocycles. The molecule has 1 unspecified atom stereocenters. The smallest absolute Gasteiger partial charge is 0.230 e. The number of hydrogen-bond acceptors (Lipinski definition) is 3. The number of hydrogen-bond donors (Lipinski definition) is 2. The Morgan fingerprint density at radius 1 is 1.35 bits per heavy atom. The van der Waals surface area contributed by atoms with E-state index in [0.29, 0.717) is 11.1 Å². The molecular formula is C17H22FN3O2.